The van der Waals surface area contributed by atoms with E-state index < -0.39 is 22.0 Å². The van der Waals surface area contributed by atoms with Crippen LogP contribution >= 0.6 is 0 Å². The van der Waals surface area contributed by atoms with Crippen molar-refractivity contribution in [2.75, 3.05) is 5.32 Å². The van der Waals surface area contributed by atoms with Gasteiger partial charge >= 0.3 is 5.97 Å². The van der Waals surface area contributed by atoms with E-state index in [0.717, 1.165) is 5.56 Å². The average molecular weight is 306 g/mol. The number of aryl methyl sites for hydroxylation is 1. The number of hydrogen-bond acceptors (Lipinski definition) is 4. The molecule has 0 saturated carbocycles. The third-order valence-electron chi connectivity index (χ3n) is 3.56. The summed E-state index contributed by atoms with van der Waals surface area (Å²) in [5.41, 5.74) is 1.63. The van der Waals surface area contributed by atoms with Gasteiger partial charge < -0.3 is 10.4 Å². The Labute approximate surface area is 122 Å². The summed E-state index contributed by atoms with van der Waals surface area (Å²) in [7, 11) is -3.72. The van der Waals surface area contributed by atoms with Crippen LogP contribution in [-0.2, 0) is 14.8 Å². The molecule has 2 heterocycles. The van der Waals surface area contributed by atoms with Gasteiger partial charge in [-0.2, -0.15) is 0 Å². The second-order valence-electron chi connectivity index (χ2n) is 4.98. The van der Waals surface area contributed by atoms with Crippen LogP contribution in [0.5, 0.6) is 0 Å². The highest BCUT2D eigenvalue weighted by Gasteiger charge is 2.32. The number of carboxylic acid groups (broad SMARTS) is 1. The van der Waals surface area contributed by atoms with Gasteiger partial charge in [0.15, 0.2) is 0 Å². The predicted octanol–water partition coefficient (Wildman–Crippen LogP) is 1.97. The molecule has 1 aliphatic rings. The average Bonchev–Trinajstić information content (AvgIpc) is 2.76. The molecule has 0 spiro atoms. The van der Waals surface area contributed by atoms with E-state index in [2.05, 4.69) is 5.32 Å². The number of rotatable bonds is 2. The van der Waals surface area contributed by atoms with Gasteiger partial charge in [-0.3, -0.25) is 4.79 Å². The molecule has 0 saturated heterocycles. The van der Waals surface area contributed by atoms with Crippen LogP contribution in [0.25, 0.3) is 0 Å². The van der Waals surface area contributed by atoms with Crippen LogP contribution in [0.4, 0.5) is 5.69 Å². The van der Waals surface area contributed by atoms with Gasteiger partial charge in [0.2, 0.25) is 0 Å². The minimum Gasteiger partial charge on any atom is -0.481 e. The number of hydrogen-bond donors (Lipinski definition) is 2. The molecule has 1 unspecified atom stereocenters. The first kappa shape index (κ1) is 13.7. The Balaban J connectivity index is 2.29. The molecular weight excluding hydrogens is 292 g/mol. The molecule has 0 aliphatic carbocycles. The van der Waals surface area contributed by atoms with E-state index in [1.54, 1.807) is 31.2 Å². The summed E-state index contributed by atoms with van der Waals surface area (Å²) in [6, 6.07) is 7.59. The Bertz CT molecular complexity index is 823. The second kappa shape index (κ2) is 4.63. The lowest BCUT2D eigenvalue weighted by Gasteiger charge is -2.17. The highest BCUT2D eigenvalue weighted by atomic mass is 32.2. The summed E-state index contributed by atoms with van der Waals surface area (Å²) < 4.78 is 26.6. The topological polar surface area (TPSA) is 88.4 Å². The molecule has 7 heteroatoms. The number of nitrogens with zero attached hydrogens (tertiary/aromatic N) is 1. The van der Waals surface area contributed by atoms with E-state index in [1.165, 1.54) is 16.2 Å². The van der Waals surface area contributed by atoms with Crippen LogP contribution in [0.3, 0.4) is 0 Å². The largest absolute Gasteiger partial charge is 0.481 e. The molecule has 0 amide bonds. The Kier molecular flexibility index (Phi) is 3.02. The number of para-hydroxylation sites is 1. The molecule has 1 aliphatic heterocycles. The summed E-state index contributed by atoms with van der Waals surface area (Å²) in [6.07, 6.45) is 1.27. The van der Waals surface area contributed by atoms with Gasteiger partial charge in [0.05, 0.1) is 23.8 Å². The standard InChI is InChI=1S/C14H14N2O4S/c1-9-6-7-16-14(9)11(8-13(17)18)15-10-4-2-3-5-12(10)21(16,19)20/h2-7,11,15H,8H2,1H3,(H,17,18). The zero-order valence-electron chi connectivity index (χ0n) is 11.3. The highest BCUT2D eigenvalue weighted by molar-refractivity contribution is 7.90. The number of aromatic nitrogens is 1. The molecule has 0 radical (unpaired) electrons. The van der Waals surface area contributed by atoms with Gasteiger partial charge in [-0.25, -0.2) is 12.4 Å². The Morgan fingerprint density at radius 3 is 2.76 bits per heavy atom. The van der Waals surface area contributed by atoms with Crippen LogP contribution in [0, 0.1) is 6.92 Å². The highest BCUT2D eigenvalue weighted by Crippen LogP contribution is 2.36. The van der Waals surface area contributed by atoms with Crippen LogP contribution in [0.1, 0.15) is 23.7 Å². The van der Waals surface area contributed by atoms with Gasteiger partial charge in [-0.15, -0.1) is 0 Å². The first-order chi connectivity index (χ1) is 9.91. The first-order valence-electron chi connectivity index (χ1n) is 6.42. The molecule has 1 atom stereocenters. The quantitative estimate of drug-likeness (QED) is 0.885. The van der Waals surface area contributed by atoms with E-state index >= 15 is 0 Å². The minimum absolute atomic E-state index is 0.148. The monoisotopic (exact) mass is 306 g/mol. The first-order valence-corrected chi connectivity index (χ1v) is 7.86. The summed E-state index contributed by atoms with van der Waals surface area (Å²) in [6.45, 7) is 1.77. The number of fused-ring (bicyclic) bond motifs is 2. The smallest absolute Gasteiger partial charge is 0.305 e. The van der Waals surface area contributed by atoms with Crippen LogP contribution < -0.4 is 5.32 Å². The van der Waals surface area contributed by atoms with Crippen LogP contribution in [0.15, 0.2) is 41.4 Å². The summed E-state index contributed by atoms with van der Waals surface area (Å²) in [5, 5.41) is 12.1. The predicted molar refractivity (Wildman–Crippen MR) is 76.8 cm³/mol. The molecule has 3 rings (SSSR count). The number of carbonyl (C=O) groups is 1. The fraction of sp³-hybridized carbons (Fsp3) is 0.214. The van der Waals surface area contributed by atoms with Crippen molar-refractivity contribution in [3.8, 4) is 0 Å². The zero-order valence-corrected chi connectivity index (χ0v) is 12.1. The maximum atomic E-state index is 12.7. The van der Waals surface area contributed by atoms with Crippen molar-refractivity contribution in [1.29, 1.82) is 0 Å². The molecule has 1 aromatic carbocycles. The van der Waals surface area contributed by atoms with Crippen molar-refractivity contribution >= 4 is 21.7 Å². The fourth-order valence-corrected chi connectivity index (χ4v) is 4.27. The number of benzene rings is 1. The molecule has 21 heavy (non-hydrogen) atoms. The Morgan fingerprint density at radius 1 is 1.33 bits per heavy atom. The third-order valence-corrected chi connectivity index (χ3v) is 5.31. The number of carboxylic acids is 1. The Morgan fingerprint density at radius 2 is 2.05 bits per heavy atom. The van der Waals surface area contributed by atoms with E-state index in [0.29, 0.717) is 11.4 Å². The van der Waals surface area contributed by atoms with Crippen molar-refractivity contribution < 1.29 is 18.3 Å². The maximum absolute atomic E-state index is 12.7. The van der Waals surface area contributed by atoms with E-state index in [1.807, 2.05) is 0 Å². The third kappa shape index (κ3) is 2.09. The number of aliphatic carboxylic acids is 1. The lowest BCUT2D eigenvalue weighted by atomic mass is 10.1. The Hall–Kier alpha value is -2.28. The number of anilines is 1. The molecular formula is C14H14N2O4S. The van der Waals surface area contributed by atoms with Crippen molar-refractivity contribution in [2.24, 2.45) is 0 Å². The molecule has 0 bridgehead atoms. The molecule has 2 aromatic rings. The summed E-state index contributed by atoms with van der Waals surface area (Å²) in [5.74, 6) is -0.989. The molecule has 1 aromatic heterocycles. The summed E-state index contributed by atoms with van der Waals surface area (Å²) >= 11 is 0. The molecule has 0 fully saturated rings. The second-order valence-corrected chi connectivity index (χ2v) is 6.76. The van der Waals surface area contributed by atoms with E-state index in [9.17, 15) is 13.2 Å². The summed E-state index contributed by atoms with van der Waals surface area (Å²) in [4.78, 5) is 11.2. The molecule has 2 N–H and O–H groups in total. The fourth-order valence-electron chi connectivity index (χ4n) is 2.65. The molecule has 110 valence electrons. The van der Waals surface area contributed by atoms with Gasteiger partial charge in [0.1, 0.15) is 4.90 Å². The van der Waals surface area contributed by atoms with Crippen molar-refractivity contribution in [1.82, 2.24) is 3.97 Å². The van der Waals surface area contributed by atoms with Crippen molar-refractivity contribution in [3.05, 3.63) is 47.8 Å². The van der Waals surface area contributed by atoms with Gasteiger partial charge in [0, 0.05) is 6.20 Å². The van der Waals surface area contributed by atoms with E-state index in [-0.39, 0.29) is 11.3 Å². The van der Waals surface area contributed by atoms with Gasteiger partial charge in [-0.05, 0) is 30.7 Å². The van der Waals surface area contributed by atoms with Crippen LogP contribution in [0.2, 0.25) is 0 Å². The van der Waals surface area contributed by atoms with Gasteiger partial charge in [-0.1, -0.05) is 12.1 Å². The molecule has 6 nitrogen and oxygen atoms in total. The van der Waals surface area contributed by atoms with Crippen LogP contribution in [-0.4, -0.2) is 23.5 Å². The SMILES string of the molecule is Cc1ccn2c1C(CC(=O)O)Nc1ccccc1S2(=O)=O. The number of nitrogens with one attached hydrogen (secondary N) is 1. The lowest BCUT2D eigenvalue weighted by Crippen LogP contribution is -2.19. The maximum Gasteiger partial charge on any atom is 0.305 e. The minimum atomic E-state index is -3.72. The zero-order chi connectivity index (χ0) is 15.2. The van der Waals surface area contributed by atoms with E-state index in [4.69, 9.17) is 5.11 Å². The van der Waals surface area contributed by atoms with Crippen molar-refractivity contribution in [3.63, 3.8) is 0 Å². The van der Waals surface area contributed by atoms with Crippen molar-refractivity contribution in [2.45, 2.75) is 24.3 Å². The normalized spacial score (nSPS) is 19.0. The lowest BCUT2D eigenvalue weighted by molar-refractivity contribution is -0.137. The van der Waals surface area contributed by atoms with Gasteiger partial charge in [0.25, 0.3) is 10.0 Å².